The van der Waals surface area contributed by atoms with Gasteiger partial charge in [0.15, 0.2) is 0 Å². The van der Waals surface area contributed by atoms with Crippen LogP contribution in [0.25, 0.3) is 0 Å². The average molecular weight is 322 g/mol. The second kappa shape index (κ2) is 7.74. The van der Waals surface area contributed by atoms with Crippen LogP contribution in [0.2, 0.25) is 0 Å². The van der Waals surface area contributed by atoms with E-state index >= 15 is 0 Å². The van der Waals surface area contributed by atoms with Crippen LogP contribution in [0.15, 0.2) is 0 Å². The number of hydrogen-bond acceptors (Lipinski definition) is 4. The molecule has 0 aromatic heterocycles. The molecule has 1 amide bonds. The summed E-state index contributed by atoms with van der Waals surface area (Å²) in [7, 11) is -3.50. The molecule has 2 atom stereocenters. The fraction of sp³-hybridized carbons (Fsp3) is 0.846. The number of carbonyl (C=O) groups is 2. The van der Waals surface area contributed by atoms with Crippen LogP contribution >= 0.6 is 0 Å². The summed E-state index contributed by atoms with van der Waals surface area (Å²) in [6, 6.07) is -1.53. The van der Waals surface area contributed by atoms with E-state index in [9.17, 15) is 18.0 Å². The fourth-order valence-electron chi connectivity index (χ4n) is 1.70. The summed E-state index contributed by atoms with van der Waals surface area (Å²) in [4.78, 5) is 22.9. The van der Waals surface area contributed by atoms with Crippen molar-refractivity contribution in [2.45, 2.75) is 59.5 Å². The number of aliphatic carboxylic acids is 1. The number of carboxylic acids is 1. The molecular weight excluding hydrogens is 296 g/mol. The Hall–Kier alpha value is -1.15. The van der Waals surface area contributed by atoms with Gasteiger partial charge in [0.2, 0.25) is 15.9 Å². The maximum atomic E-state index is 12.0. The molecule has 0 spiro atoms. The SMILES string of the molecule is CCCS(=O)(=O)NC(C)C(=O)NC(CC(=O)O)C(C)(C)C. The first kappa shape index (κ1) is 19.9. The largest absolute Gasteiger partial charge is 0.481 e. The van der Waals surface area contributed by atoms with Gasteiger partial charge < -0.3 is 10.4 Å². The van der Waals surface area contributed by atoms with Crippen molar-refractivity contribution in [3.8, 4) is 0 Å². The monoisotopic (exact) mass is 322 g/mol. The van der Waals surface area contributed by atoms with Crippen LogP contribution in [0.1, 0.15) is 47.5 Å². The van der Waals surface area contributed by atoms with Crippen molar-refractivity contribution in [1.82, 2.24) is 10.0 Å². The molecule has 21 heavy (non-hydrogen) atoms. The van der Waals surface area contributed by atoms with Crippen molar-refractivity contribution < 1.29 is 23.1 Å². The number of carbonyl (C=O) groups excluding carboxylic acids is 1. The molecule has 0 saturated carbocycles. The molecular formula is C13H26N2O5S. The Balaban J connectivity index is 4.80. The van der Waals surface area contributed by atoms with Gasteiger partial charge in [-0.3, -0.25) is 9.59 Å². The lowest BCUT2D eigenvalue weighted by Gasteiger charge is -2.31. The van der Waals surface area contributed by atoms with Crippen molar-refractivity contribution in [1.29, 1.82) is 0 Å². The minimum Gasteiger partial charge on any atom is -0.481 e. The van der Waals surface area contributed by atoms with E-state index in [-0.39, 0.29) is 12.2 Å². The maximum Gasteiger partial charge on any atom is 0.305 e. The molecule has 0 bridgehead atoms. The Morgan fingerprint density at radius 1 is 1.24 bits per heavy atom. The predicted molar refractivity (Wildman–Crippen MR) is 80.3 cm³/mol. The van der Waals surface area contributed by atoms with Gasteiger partial charge in [-0.25, -0.2) is 13.1 Å². The fourth-order valence-corrected chi connectivity index (χ4v) is 3.00. The standard InChI is InChI=1S/C13H26N2O5S/c1-6-7-21(19,20)15-9(2)12(18)14-10(8-11(16)17)13(3,4)5/h9-10,15H,6-8H2,1-5H3,(H,14,18)(H,16,17). The molecule has 2 unspecified atom stereocenters. The van der Waals surface area contributed by atoms with Crippen molar-refractivity contribution in [3.05, 3.63) is 0 Å². The number of carboxylic acid groups (broad SMARTS) is 1. The molecule has 3 N–H and O–H groups in total. The molecule has 0 rings (SSSR count). The second-order valence-corrected chi connectivity index (χ2v) is 8.06. The summed E-state index contributed by atoms with van der Waals surface area (Å²) in [5.41, 5.74) is -0.448. The minimum absolute atomic E-state index is 0.0531. The molecule has 0 radical (unpaired) electrons. The van der Waals surface area contributed by atoms with Crippen LogP contribution in [0, 0.1) is 5.41 Å². The van der Waals surface area contributed by atoms with Crippen LogP contribution in [0.3, 0.4) is 0 Å². The quantitative estimate of drug-likeness (QED) is 0.609. The summed E-state index contributed by atoms with van der Waals surface area (Å²) < 4.78 is 25.5. The molecule has 0 aliphatic heterocycles. The molecule has 0 aliphatic carbocycles. The lowest BCUT2D eigenvalue weighted by atomic mass is 9.84. The molecule has 8 heteroatoms. The number of hydrogen-bond donors (Lipinski definition) is 3. The summed E-state index contributed by atoms with van der Waals surface area (Å²) in [6.07, 6.45) is 0.233. The lowest BCUT2D eigenvalue weighted by Crippen LogP contribution is -2.52. The van der Waals surface area contributed by atoms with Gasteiger partial charge >= 0.3 is 5.97 Å². The van der Waals surface area contributed by atoms with E-state index in [0.29, 0.717) is 6.42 Å². The van der Waals surface area contributed by atoms with E-state index in [1.807, 2.05) is 20.8 Å². The highest BCUT2D eigenvalue weighted by molar-refractivity contribution is 7.89. The van der Waals surface area contributed by atoms with Crippen LogP contribution < -0.4 is 10.0 Å². The highest BCUT2D eigenvalue weighted by Gasteiger charge is 2.30. The van der Waals surface area contributed by atoms with Gasteiger partial charge in [-0.2, -0.15) is 0 Å². The predicted octanol–water partition coefficient (Wildman–Crippen LogP) is 0.710. The minimum atomic E-state index is -3.50. The van der Waals surface area contributed by atoms with Gasteiger partial charge in [-0.15, -0.1) is 0 Å². The van der Waals surface area contributed by atoms with E-state index < -0.39 is 39.4 Å². The zero-order valence-electron chi connectivity index (χ0n) is 13.3. The maximum absolute atomic E-state index is 12.0. The Kier molecular flexibility index (Phi) is 7.32. The third-order valence-corrected chi connectivity index (χ3v) is 4.62. The van der Waals surface area contributed by atoms with Gasteiger partial charge in [0.05, 0.1) is 18.2 Å². The van der Waals surface area contributed by atoms with Crippen LogP contribution in [0.5, 0.6) is 0 Å². The number of nitrogens with one attached hydrogen (secondary N) is 2. The van der Waals surface area contributed by atoms with Crippen LogP contribution in [-0.2, 0) is 19.6 Å². The van der Waals surface area contributed by atoms with Gasteiger partial charge in [-0.05, 0) is 18.8 Å². The zero-order chi connectivity index (χ0) is 16.8. The van der Waals surface area contributed by atoms with Gasteiger partial charge in [0.25, 0.3) is 0 Å². The third-order valence-electron chi connectivity index (χ3n) is 2.96. The second-order valence-electron chi connectivity index (χ2n) is 6.18. The molecule has 124 valence electrons. The normalized spacial score (nSPS) is 15.3. The summed E-state index contributed by atoms with van der Waals surface area (Å²) >= 11 is 0. The summed E-state index contributed by atoms with van der Waals surface area (Å²) in [5.74, 6) is -1.60. The highest BCUT2D eigenvalue weighted by atomic mass is 32.2. The molecule has 0 saturated heterocycles. The zero-order valence-corrected chi connectivity index (χ0v) is 14.1. The number of rotatable bonds is 8. The average Bonchev–Trinajstić information content (AvgIpc) is 2.25. The number of sulfonamides is 1. The van der Waals surface area contributed by atoms with Gasteiger partial charge in [0.1, 0.15) is 0 Å². The first-order valence-electron chi connectivity index (χ1n) is 6.91. The van der Waals surface area contributed by atoms with Crippen LogP contribution in [0.4, 0.5) is 0 Å². The first-order valence-corrected chi connectivity index (χ1v) is 8.56. The third kappa shape index (κ3) is 8.01. The lowest BCUT2D eigenvalue weighted by molar-refractivity contribution is -0.138. The Morgan fingerprint density at radius 2 is 1.76 bits per heavy atom. The molecule has 0 aliphatic rings. The Morgan fingerprint density at radius 3 is 2.14 bits per heavy atom. The van der Waals surface area contributed by atoms with Crippen molar-refractivity contribution in [2.24, 2.45) is 5.41 Å². The van der Waals surface area contributed by atoms with E-state index in [1.54, 1.807) is 6.92 Å². The van der Waals surface area contributed by atoms with E-state index in [4.69, 9.17) is 5.11 Å². The highest BCUT2D eigenvalue weighted by Crippen LogP contribution is 2.22. The van der Waals surface area contributed by atoms with E-state index in [1.165, 1.54) is 6.92 Å². The molecule has 7 nitrogen and oxygen atoms in total. The molecule has 0 fully saturated rings. The van der Waals surface area contributed by atoms with Crippen molar-refractivity contribution in [2.75, 3.05) is 5.75 Å². The molecule has 0 aromatic carbocycles. The smallest absolute Gasteiger partial charge is 0.305 e. The first-order chi connectivity index (χ1) is 9.39. The molecule has 0 heterocycles. The van der Waals surface area contributed by atoms with Crippen molar-refractivity contribution >= 4 is 21.9 Å². The number of amides is 1. The van der Waals surface area contributed by atoms with Crippen molar-refractivity contribution in [3.63, 3.8) is 0 Å². The van der Waals surface area contributed by atoms with E-state index in [2.05, 4.69) is 10.0 Å². The Labute approximate surface area is 126 Å². The summed E-state index contributed by atoms with van der Waals surface area (Å²) in [6.45, 7) is 8.60. The topological polar surface area (TPSA) is 113 Å². The summed E-state index contributed by atoms with van der Waals surface area (Å²) in [5, 5.41) is 11.5. The van der Waals surface area contributed by atoms with Gasteiger partial charge in [0, 0.05) is 6.04 Å². The van der Waals surface area contributed by atoms with E-state index in [0.717, 1.165) is 0 Å². The Bertz CT molecular complexity index is 467. The molecule has 0 aromatic rings. The van der Waals surface area contributed by atoms with Gasteiger partial charge in [-0.1, -0.05) is 27.7 Å². The van der Waals surface area contributed by atoms with Crippen LogP contribution in [-0.4, -0.2) is 43.2 Å².